The van der Waals surface area contributed by atoms with Crippen LogP contribution in [0.15, 0.2) is 36.5 Å². The summed E-state index contributed by atoms with van der Waals surface area (Å²) in [5.41, 5.74) is 0.905. The number of ether oxygens (including phenoxy) is 1. The van der Waals surface area contributed by atoms with Crippen LogP contribution < -0.4 is 10.1 Å². The Bertz CT molecular complexity index is 708. The van der Waals surface area contributed by atoms with Crippen LogP contribution in [-0.4, -0.2) is 21.7 Å². The van der Waals surface area contributed by atoms with Crippen LogP contribution in [0, 0.1) is 0 Å². The number of nitrogens with one attached hydrogen (secondary N) is 1. The van der Waals surface area contributed by atoms with Crippen molar-refractivity contribution in [1.82, 2.24) is 20.5 Å². The second kappa shape index (κ2) is 5.94. The van der Waals surface area contributed by atoms with E-state index >= 15 is 0 Å². The summed E-state index contributed by atoms with van der Waals surface area (Å²) in [7, 11) is 0. The largest absolute Gasteiger partial charge is 0.429 e. The number of aromatic nitrogens is 3. The minimum atomic E-state index is 0.550. The van der Waals surface area contributed by atoms with Crippen LogP contribution in [0.25, 0.3) is 10.9 Å². The highest BCUT2D eigenvalue weighted by molar-refractivity contribution is 7.13. The first-order valence-corrected chi connectivity index (χ1v) is 7.23. The molecule has 0 radical (unpaired) electrons. The molecule has 0 aliphatic heterocycles. The lowest BCUT2D eigenvalue weighted by Gasteiger charge is -2.04. The van der Waals surface area contributed by atoms with E-state index in [0.29, 0.717) is 11.7 Å². The molecule has 102 valence electrons. The van der Waals surface area contributed by atoms with Gasteiger partial charge in [-0.25, -0.2) is 0 Å². The summed E-state index contributed by atoms with van der Waals surface area (Å²) < 4.78 is 5.83. The maximum absolute atomic E-state index is 5.83. The summed E-state index contributed by atoms with van der Waals surface area (Å²) in [4.78, 5) is 4.31. The Labute approximate surface area is 120 Å². The van der Waals surface area contributed by atoms with Gasteiger partial charge in [0.25, 0.3) is 5.19 Å². The quantitative estimate of drug-likeness (QED) is 0.781. The minimum absolute atomic E-state index is 0.550. The maximum Gasteiger partial charge on any atom is 0.299 e. The monoisotopic (exact) mass is 286 g/mol. The number of hydrogen-bond acceptors (Lipinski definition) is 6. The van der Waals surface area contributed by atoms with Crippen molar-refractivity contribution in [2.75, 3.05) is 6.54 Å². The fourth-order valence-corrected chi connectivity index (χ4v) is 2.51. The van der Waals surface area contributed by atoms with Crippen LogP contribution in [-0.2, 0) is 6.54 Å². The molecule has 2 heterocycles. The molecule has 1 aromatic carbocycles. The summed E-state index contributed by atoms with van der Waals surface area (Å²) in [5.74, 6) is 0.752. The fraction of sp³-hybridized carbons (Fsp3) is 0.214. The molecule has 0 amide bonds. The van der Waals surface area contributed by atoms with Crippen LogP contribution in [0.5, 0.6) is 10.9 Å². The summed E-state index contributed by atoms with van der Waals surface area (Å²) in [6.45, 7) is 3.68. The SMILES string of the molecule is CCNCc1nnc(Oc2cccc3ncccc23)s1. The molecule has 0 unspecified atom stereocenters. The number of benzene rings is 1. The van der Waals surface area contributed by atoms with Gasteiger partial charge in [0.2, 0.25) is 0 Å². The van der Waals surface area contributed by atoms with Crippen LogP contribution >= 0.6 is 11.3 Å². The van der Waals surface area contributed by atoms with Crippen molar-refractivity contribution in [3.05, 3.63) is 41.5 Å². The average molecular weight is 286 g/mol. The van der Waals surface area contributed by atoms with Gasteiger partial charge in [-0.15, -0.1) is 5.10 Å². The van der Waals surface area contributed by atoms with Crippen LogP contribution in [0.3, 0.4) is 0 Å². The lowest BCUT2D eigenvalue weighted by molar-refractivity contribution is 0.478. The van der Waals surface area contributed by atoms with Crippen molar-refractivity contribution >= 4 is 22.2 Å². The first-order valence-electron chi connectivity index (χ1n) is 6.41. The molecule has 2 aromatic heterocycles. The Kier molecular flexibility index (Phi) is 3.85. The highest BCUT2D eigenvalue weighted by Crippen LogP contribution is 2.30. The van der Waals surface area contributed by atoms with Crippen molar-refractivity contribution in [3.63, 3.8) is 0 Å². The Hall–Kier alpha value is -2.05. The van der Waals surface area contributed by atoms with Crippen molar-refractivity contribution < 1.29 is 4.74 Å². The molecule has 3 rings (SSSR count). The molecule has 0 atom stereocenters. The lowest BCUT2D eigenvalue weighted by atomic mass is 10.2. The Balaban J connectivity index is 1.84. The zero-order valence-corrected chi connectivity index (χ0v) is 11.9. The smallest absolute Gasteiger partial charge is 0.299 e. The molecule has 20 heavy (non-hydrogen) atoms. The van der Waals surface area contributed by atoms with E-state index in [-0.39, 0.29) is 0 Å². The molecule has 6 heteroatoms. The van der Waals surface area contributed by atoms with Crippen LogP contribution in [0.2, 0.25) is 0 Å². The first kappa shape index (κ1) is 13.0. The van der Waals surface area contributed by atoms with Crippen molar-refractivity contribution in [2.24, 2.45) is 0 Å². The molecule has 5 nitrogen and oxygen atoms in total. The predicted molar refractivity (Wildman–Crippen MR) is 79.1 cm³/mol. The number of rotatable bonds is 5. The zero-order valence-electron chi connectivity index (χ0n) is 11.0. The summed E-state index contributed by atoms with van der Waals surface area (Å²) in [5, 5.41) is 13.8. The lowest BCUT2D eigenvalue weighted by Crippen LogP contribution is -2.11. The second-order valence-electron chi connectivity index (χ2n) is 4.17. The van der Waals surface area contributed by atoms with E-state index in [1.165, 1.54) is 11.3 Å². The van der Waals surface area contributed by atoms with Crippen molar-refractivity contribution in [2.45, 2.75) is 13.5 Å². The summed E-state index contributed by atoms with van der Waals surface area (Å²) in [6.07, 6.45) is 1.77. The molecule has 0 spiro atoms. The van der Waals surface area contributed by atoms with Crippen molar-refractivity contribution in [3.8, 4) is 10.9 Å². The highest BCUT2D eigenvalue weighted by atomic mass is 32.1. The molecule has 0 aliphatic carbocycles. The summed E-state index contributed by atoms with van der Waals surface area (Å²) in [6, 6.07) is 9.67. The normalized spacial score (nSPS) is 10.8. The Morgan fingerprint density at radius 2 is 2.15 bits per heavy atom. The third kappa shape index (κ3) is 2.76. The van der Waals surface area contributed by atoms with Gasteiger partial charge in [0.05, 0.1) is 5.52 Å². The number of nitrogens with zero attached hydrogens (tertiary/aromatic N) is 3. The van der Waals surface area contributed by atoms with E-state index in [2.05, 4.69) is 27.4 Å². The fourth-order valence-electron chi connectivity index (χ4n) is 1.84. The van der Waals surface area contributed by atoms with E-state index in [4.69, 9.17) is 4.74 Å². The van der Waals surface area contributed by atoms with Crippen LogP contribution in [0.4, 0.5) is 0 Å². The Morgan fingerprint density at radius 3 is 3.05 bits per heavy atom. The van der Waals surface area contributed by atoms with Gasteiger partial charge >= 0.3 is 0 Å². The van der Waals surface area contributed by atoms with E-state index in [0.717, 1.165) is 28.2 Å². The molecule has 1 N–H and O–H groups in total. The van der Waals surface area contributed by atoms with Crippen LogP contribution in [0.1, 0.15) is 11.9 Å². The third-order valence-corrected chi connectivity index (χ3v) is 3.58. The molecule has 0 fully saturated rings. The molecule has 0 saturated carbocycles. The molecular weight excluding hydrogens is 272 g/mol. The highest BCUT2D eigenvalue weighted by Gasteiger charge is 2.08. The topological polar surface area (TPSA) is 59.9 Å². The molecule has 3 aromatic rings. The summed E-state index contributed by atoms with van der Waals surface area (Å²) >= 11 is 1.45. The van der Waals surface area contributed by atoms with Gasteiger partial charge in [0.1, 0.15) is 10.8 Å². The third-order valence-electron chi connectivity index (χ3n) is 2.78. The Morgan fingerprint density at radius 1 is 1.20 bits per heavy atom. The predicted octanol–water partition coefficient (Wildman–Crippen LogP) is 2.99. The standard InChI is InChI=1S/C14H14N4OS/c1-2-15-9-13-17-18-14(20-13)19-12-7-3-6-11-10(12)5-4-8-16-11/h3-8,15H,2,9H2,1H3. The average Bonchev–Trinajstić information content (AvgIpc) is 2.93. The number of hydrogen-bond donors (Lipinski definition) is 1. The van der Waals surface area contributed by atoms with E-state index in [1.54, 1.807) is 6.20 Å². The van der Waals surface area contributed by atoms with E-state index < -0.39 is 0 Å². The molecule has 0 bridgehead atoms. The minimum Gasteiger partial charge on any atom is -0.429 e. The van der Waals surface area contributed by atoms with Gasteiger partial charge < -0.3 is 10.1 Å². The first-order chi connectivity index (χ1) is 9.86. The molecular formula is C14H14N4OS. The molecule has 0 aliphatic rings. The van der Waals surface area contributed by atoms with E-state index in [9.17, 15) is 0 Å². The van der Waals surface area contributed by atoms with Gasteiger partial charge in [-0.1, -0.05) is 29.4 Å². The number of fused-ring (bicyclic) bond motifs is 1. The number of pyridine rings is 1. The van der Waals surface area contributed by atoms with Crippen molar-refractivity contribution in [1.29, 1.82) is 0 Å². The van der Waals surface area contributed by atoms with Gasteiger partial charge in [0, 0.05) is 18.1 Å². The second-order valence-corrected chi connectivity index (χ2v) is 5.19. The van der Waals surface area contributed by atoms with Gasteiger partial charge in [-0.3, -0.25) is 4.98 Å². The zero-order chi connectivity index (χ0) is 13.8. The van der Waals surface area contributed by atoms with E-state index in [1.807, 2.05) is 30.3 Å². The van der Waals surface area contributed by atoms with Gasteiger partial charge in [-0.05, 0) is 30.8 Å². The van der Waals surface area contributed by atoms with Gasteiger partial charge in [-0.2, -0.15) is 0 Å². The van der Waals surface area contributed by atoms with Gasteiger partial charge in [0.15, 0.2) is 0 Å². The maximum atomic E-state index is 5.83. The molecule has 0 saturated heterocycles.